The van der Waals surface area contributed by atoms with Gasteiger partial charge in [-0.05, 0) is 39.5 Å². The molecule has 0 radical (unpaired) electrons. The van der Waals surface area contributed by atoms with Gasteiger partial charge in [0.15, 0.2) is 0 Å². The molecule has 8 heteroatoms. The maximum absolute atomic E-state index is 4.52. The summed E-state index contributed by atoms with van der Waals surface area (Å²) in [5.41, 5.74) is 0. The SMILES string of the molecule is C[C@@H]1CN(Cc2nnc3n2CCCC3)[C@@H](C)CN1Cc1nnc2n1CCCC2. The van der Waals surface area contributed by atoms with Crippen LogP contribution in [0.2, 0.25) is 0 Å². The summed E-state index contributed by atoms with van der Waals surface area (Å²) in [7, 11) is 0. The van der Waals surface area contributed by atoms with Crippen LogP contribution in [0.4, 0.5) is 0 Å². The Hall–Kier alpha value is -1.80. The van der Waals surface area contributed by atoms with Crippen LogP contribution >= 0.6 is 0 Å². The second-order valence-corrected chi connectivity index (χ2v) is 8.84. The molecule has 28 heavy (non-hydrogen) atoms. The van der Waals surface area contributed by atoms with Gasteiger partial charge in [-0.15, -0.1) is 20.4 Å². The number of fused-ring (bicyclic) bond motifs is 2. The van der Waals surface area contributed by atoms with Crippen molar-refractivity contribution in [2.45, 2.75) is 90.6 Å². The average Bonchev–Trinajstić information content (AvgIpc) is 3.30. The number of aryl methyl sites for hydroxylation is 2. The fourth-order valence-electron chi connectivity index (χ4n) is 5.04. The van der Waals surface area contributed by atoms with Crippen molar-refractivity contribution in [1.29, 1.82) is 0 Å². The molecule has 0 aliphatic carbocycles. The Balaban J connectivity index is 1.25. The zero-order chi connectivity index (χ0) is 19.1. The summed E-state index contributed by atoms with van der Waals surface area (Å²) in [6.45, 7) is 10.8. The van der Waals surface area contributed by atoms with Gasteiger partial charge in [-0.2, -0.15) is 0 Å². The average molecular weight is 385 g/mol. The summed E-state index contributed by atoms with van der Waals surface area (Å²) in [6.07, 6.45) is 7.15. The predicted octanol–water partition coefficient (Wildman–Crippen LogP) is 1.64. The minimum atomic E-state index is 0.497. The smallest absolute Gasteiger partial charge is 0.147 e. The number of nitrogens with zero attached hydrogens (tertiary/aromatic N) is 8. The molecule has 0 N–H and O–H groups in total. The minimum absolute atomic E-state index is 0.497. The number of rotatable bonds is 4. The highest BCUT2D eigenvalue weighted by molar-refractivity contribution is 5.02. The third-order valence-electron chi connectivity index (χ3n) is 6.81. The largest absolute Gasteiger partial charge is 0.314 e. The molecule has 0 aromatic carbocycles. The van der Waals surface area contributed by atoms with E-state index in [9.17, 15) is 0 Å². The lowest BCUT2D eigenvalue weighted by molar-refractivity contribution is 0.0283. The van der Waals surface area contributed by atoms with E-state index < -0.39 is 0 Å². The van der Waals surface area contributed by atoms with Crippen LogP contribution in [-0.2, 0) is 39.0 Å². The third-order valence-corrected chi connectivity index (χ3v) is 6.81. The van der Waals surface area contributed by atoms with Gasteiger partial charge in [0.25, 0.3) is 0 Å². The van der Waals surface area contributed by atoms with Crippen molar-refractivity contribution in [3.05, 3.63) is 23.3 Å². The Morgan fingerprint density at radius 2 is 1.14 bits per heavy atom. The van der Waals surface area contributed by atoms with Crippen molar-refractivity contribution in [3.8, 4) is 0 Å². The first-order valence-corrected chi connectivity index (χ1v) is 11.0. The number of hydrogen-bond acceptors (Lipinski definition) is 6. The van der Waals surface area contributed by atoms with Crippen LogP contribution in [0.5, 0.6) is 0 Å². The van der Waals surface area contributed by atoms with Crippen molar-refractivity contribution in [1.82, 2.24) is 39.3 Å². The molecule has 5 heterocycles. The van der Waals surface area contributed by atoms with Gasteiger partial charge in [0.05, 0.1) is 13.1 Å². The molecule has 3 aliphatic heterocycles. The molecule has 0 saturated carbocycles. The van der Waals surface area contributed by atoms with Gasteiger partial charge in [0.1, 0.15) is 23.3 Å². The molecular formula is C20H32N8. The van der Waals surface area contributed by atoms with Crippen LogP contribution in [0.15, 0.2) is 0 Å². The molecule has 3 aliphatic rings. The van der Waals surface area contributed by atoms with E-state index in [1.54, 1.807) is 0 Å². The van der Waals surface area contributed by atoms with E-state index in [0.717, 1.165) is 63.8 Å². The van der Waals surface area contributed by atoms with Gasteiger partial charge >= 0.3 is 0 Å². The standard InChI is InChI=1S/C20H32N8/c1-15-11-26(14-20-24-22-18-8-4-6-10-28(18)20)16(2)12-25(15)13-19-23-21-17-7-3-5-9-27(17)19/h15-16H,3-14H2,1-2H3/t15-,16+. The fourth-order valence-corrected chi connectivity index (χ4v) is 5.04. The van der Waals surface area contributed by atoms with E-state index in [4.69, 9.17) is 0 Å². The quantitative estimate of drug-likeness (QED) is 0.798. The highest BCUT2D eigenvalue weighted by Crippen LogP contribution is 2.22. The van der Waals surface area contributed by atoms with Gasteiger partial charge < -0.3 is 9.13 Å². The number of piperazine rings is 1. The summed E-state index contributed by atoms with van der Waals surface area (Å²) in [5, 5.41) is 17.9. The second kappa shape index (κ2) is 7.55. The van der Waals surface area contributed by atoms with E-state index in [0.29, 0.717) is 12.1 Å². The molecule has 0 unspecified atom stereocenters. The molecule has 0 amide bonds. The molecule has 2 aromatic rings. The molecule has 2 atom stereocenters. The molecule has 8 nitrogen and oxygen atoms in total. The fraction of sp³-hybridized carbons (Fsp3) is 0.800. The lowest BCUT2D eigenvalue weighted by Gasteiger charge is -2.43. The van der Waals surface area contributed by atoms with Crippen LogP contribution in [-0.4, -0.2) is 64.5 Å². The van der Waals surface area contributed by atoms with Crippen LogP contribution in [0.3, 0.4) is 0 Å². The first-order chi connectivity index (χ1) is 13.7. The lowest BCUT2D eigenvalue weighted by atomic mass is 10.1. The number of aromatic nitrogens is 6. The first kappa shape index (κ1) is 18.2. The monoisotopic (exact) mass is 384 g/mol. The van der Waals surface area contributed by atoms with E-state index in [1.165, 1.54) is 37.3 Å². The normalized spacial score (nSPS) is 26.2. The molecule has 5 rings (SSSR count). The molecule has 1 fully saturated rings. The molecule has 152 valence electrons. The van der Waals surface area contributed by atoms with E-state index in [-0.39, 0.29) is 0 Å². The highest BCUT2D eigenvalue weighted by Gasteiger charge is 2.31. The van der Waals surface area contributed by atoms with E-state index in [1.807, 2.05) is 0 Å². The van der Waals surface area contributed by atoms with Crippen LogP contribution < -0.4 is 0 Å². The molecular weight excluding hydrogens is 352 g/mol. The summed E-state index contributed by atoms with van der Waals surface area (Å²) in [4.78, 5) is 5.15. The van der Waals surface area contributed by atoms with Crippen LogP contribution in [0.25, 0.3) is 0 Å². The van der Waals surface area contributed by atoms with Crippen molar-refractivity contribution in [2.24, 2.45) is 0 Å². The van der Waals surface area contributed by atoms with E-state index in [2.05, 4.69) is 53.2 Å². The Bertz CT molecular complexity index is 756. The molecule has 2 aromatic heterocycles. The Kier molecular flexibility index (Phi) is 4.92. The minimum Gasteiger partial charge on any atom is -0.314 e. The van der Waals surface area contributed by atoms with Gasteiger partial charge in [-0.3, -0.25) is 9.80 Å². The topological polar surface area (TPSA) is 67.9 Å². The maximum Gasteiger partial charge on any atom is 0.147 e. The van der Waals surface area contributed by atoms with E-state index >= 15 is 0 Å². The van der Waals surface area contributed by atoms with Crippen molar-refractivity contribution >= 4 is 0 Å². The maximum atomic E-state index is 4.52. The Morgan fingerprint density at radius 3 is 1.61 bits per heavy atom. The predicted molar refractivity (Wildman–Crippen MR) is 106 cm³/mol. The Labute approximate surface area is 166 Å². The summed E-state index contributed by atoms with van der Waals surface area (Å²) in [6, 6.07) is 0.993. The molecule has 0 spiro atoms. The Morgan fingerprint density at radius 1 is 0.679 bits per heavy atom. The van der Waals surface area contributed by atoms with Gasteiger partial charge in [-0.25, -0.2) is 0 Å². The van der Waals surface area contributed by atoms with Crippen molar-refractivity contribution in [3.63, 3.8) is 0 Å². The zero-order valence-electron chi connectivity index (χ0n) is 17.2. The van der Waals surface area contributed by atoms with Gasteiger partial charge in [-0.1, -0.05) is 0 Å². The van der Waals surface area contributed by atoms with Gasteiger partial charge in [0.2, 0.25) is 0 Å². The molecule has 0 bridgehead atoms. The third kappa shape index (κ3) is 3.37. The number of hydrogen-bond donors (Lipinski definition) is 0. The van der Waals surface area contributed by atoms with Crippen LogP contribution in [0, 0.1) is 0 Å². The summed E-state index contributed by atoms with van der Waals surface area (Å²) >= 11 is 0. The van der Waals surface area contributed by atoms with Gasteiger partial charge in [0, 0.05) is 51.1 Å². The second-order valence-electron chi connectivity index (χ2n) is 8.84. The van der Waals surface area contributed by atoms with Crippen molar-refractivity contribution in [2.75, 3.05) is 13.1 Å². The lowest BCUT2D eigenvalue weighted by Crippen LogP contribution is -2.55. The zero-order valence-corrected chi connectivity index (χ0v) is 17.2. The summed E-state index contributed by atoms with van der Waals surface area (Å²) in [5.74, 6) is 4.65. The van der Waals surface area contributed by atoms with Crippen molar-refractivity contribution < 1.29 is 0 Å². The highest BCUT2D eigenvalue weighted by atomic mass is 15.4. The summed E-state index contributed by atoms with van der Waals surface area (Å²) < 4.78 is 4.71. The first-order valence-electron chi connectivity index (χ1n) is 11.0. The van der Waals surface area contributed by atoms with Crippen LogP contribution in [0.1, 0.15) is 62.8 Å². The molecule has 1 saturated heterocycles.